The van der Waals surface area contributed by atoms with E-state index in [0.29, 0.717) is 11.3 Å². The summed E-state index contributed by atoms with van der Waals surface area (Å²) in [4.78, 5) is 16.1. The molecule has 0 aliphatic rings. The van der Waals surface area contributed by atoms with Gasteiger partial charge in [0.15, 0.2) is 0 Å². The van der Waals surface area contributed by atoms with Crippen molar-refractivity contribution in [3.8, 4) is 17.6 Å². The van der Waals surface area contributed by atoms with E-state index >= 15 is 0 Å². The summed E-state index contributed by atoms with van der Waals surface area (Å²) in [5.41, 5.74) is 1.18. The van der Waals surface area contributed by atoms with E-state index in [2.05, 4.69) is 22.1 Å². The van der Waals surface area contributed by atoms with E-state index in [-0.39, 0.29) is 24.9 Å². The van der Waals surface area contributed by atoms with Crippen molar-refractivity contribution in [2.24, 2.45) is 0 Å². The molecule has 4 nitrogen and oxygen atoms in total. The molecule has 5 heteroatoms. The van der Waals surface area contributed by atoms with Crippen LogP contribution >= 0.6 is 0 Å². The van der Waals surface area contributed by atoms with E-state index in [9.17, 15) is 9.18 Å². The van der Waals surface area contributed by atoms with Crippen molar-refractivity contribution >= 4 is 16.8 Å². The first-order valence-electron chi connectivity index (χ1n) is 7.70. The Kier molecular flexibility index (Phi) is 5.22. The maximum atomic E-state index is 12.8. The monoisotopic (exact) mass is 334 g/mol. The molecule has 3 rings (SSSR count). The molecule has 0 saturated carbocycles. The second-order valence-electron chi connectivity index (χ2n) is 5.16. The number of ether oxygens (including phenoxy) is 1. The van der Waals surface area contributed by atoms with Crippen molar-refractivity contribution in [1.29, 1.82) is 0 Å². The van der Waals surface area contributed by atoms with Crippen LogP contribution in [-0.2, 0) is 0 Å². The zero-order chi connectivity index (χ0) is 17.5. The third kappa shape index (κ3) is 4.33. The minimum atomic E-state index is -0.378. The fourth-order valence-electron chi connectivity index (χ4n) is 2.25. The molecule has 0 spiro atoms. The fraction of sp³-hybridized carbons (Fsp3) is 0.100. The van der Waals surface area contributed by atoms with Gasteiger partial charge in [0.25, 0.3) is 5.91 Å². The summed E-state index contributed by atoms with van der Waals surface area (Å²) >= 11 is 0. The summed E-state index contributed by atoms with van der Waals surface area (Å²) in [7, 11) is 0. The first-order chi connectivity index (χ1) is 12.2. The van der Waals surface area contributed by atoms with E-state index < -0.39 is 0 Å². The number of aromatic nitrogens is 1. The maximum absolute atomic E-state index is 12.8. The number of halogens is 1. The predicted octanol–water partition coefficient (Wildman–Crippen LogP) is 3.19. The molecule has 0 aliphatic carbocycles. The lowest BCUT2D eigenvalue weighted by atomic mass is 10.2. The summed E-state index contributed by atoms with van der Waals surface area (Å²) in [5, 5.41) is 3.64. The Hall–Kier alpha value is -3.39. The Morgan fingerprint density at radius 1 is 1.08 bits per heavy atom. The van der Waals surface area contributed by atoms with Crippen molar-refractivity contribution in [3.05, 3.63) is 72.2 Å². The lowest BCUT2D eigenvalue weighted by molar-refractivity contribution is 0.0958. The summed E-state index contributed by atoms with van der Waals surface area (Å²) in [5.74, 6) is 5.65. The largest absolute Gasteiger partial charge is 0.479 e. The molecule has 1 N–H and O–H groups in total. The highest BCUT2D eigenvalue weighted by Crippen LogP contribution is 2.22. The number of fused-ring (bicyclic) bond motifs is 1. The average molecular weight is 334 g/mol. The van der Waals surface area contributed by atoms with Crippen LogP contribution < -0.4 is 10.1 Å². The Bertz CT molecular complexity index is 938. The molecule has 0 radical (unpaired) electrons. The molecule has 2 aromatic carbocycles. The van der Waals surface area contributed by atoms with Gasteiger partial charge >= 0.3 is 0 Å². The van der Waals surface area contributed by atoms with Crippen molar-refractivity contribution in [2.75, 3.05) is 13.2 Å². The number of hydrogen-bond donors (Lipinski definition) is 1. The summed E-state index contributed by atoms with van der Waals surface area (Å²) < 4.78 is 18.4. The van der Waals surface area contributed by atoms with Gasteiger partial charge in [-0.05, 0) is 36.4 Å². The molecule has 1 heterocycles. The van der Waals surface area contributed by atoms with Crippen LogP contribution in [0, 0.1) is 17.7 Å². The molecular weight excluding hydrogens is 319 g/mol. The fourth-order valence-corrected chi connectivity index (χ4v) is 2.25. The number of nitrogens with one attached hydrogen (secondary N) is 1. The molecule has 1 amide bonds. The number of hydrogen-bond acceptors (Lipinski definition) is 3. The van der Waals surface area contributed by atoms with Gasteiger partial charge in [-0.2, -0.15) is 0 Å². The van der Waals surface area contributed by atoms with E-state index in [0.717, 1.165) is 10.9 Å². The lowest BCUT2D eigenvalue weighted by Gasteiger charge is -2.05. The van der Waals surface area contributed by atoms with Crippen LogP contribution in [0.4, 0.5) is 4.39 Å². The molecule has 124 valence electrons. The number of rotatable bonds is 4. The topological polar surface area (TPSA) is 51.2 Å². The zero-order valence-corrected chi connectivity index (χ0v) is 13.3. The van der Waals surface area contributed by atoms with E-state index in [1.165, 1.54) is 24.3 Å². The van der Waals surface area contributed by atoms with Crippen molar-refractivity contribution in [1.82, 2.24) is 10.3 Å². The number of para-hydroxylation sites is 1. The average Bonchev–Trinajstić information content (AvgIpc) is 2.65. The van der Waals surface area contributed by atoms with Gasteiger partial charge in [-0.25, -0.2) is 4.39 Å². The van der Waals surface area contributed by atoms with Gasteiger partial charge in [0.2, 0.25) is 0 Å². The van der Waals surface area contributed by atoms with Gasteiger partial charge in [-0.15, -0.1) is 0 Å². The minimum Gasteiger partial charge on any atom is -0.479 e. The van der Waals surface area contributed by atoms with Crippen molar-refractivity contribution < 1.29 is 13.9 Å². The number of benzene rings is 2. The number of carbonyl (C=O) groups excluding carboxylic acids is 1. The number of amides is 1. The highest BCUT2D eigenvalue weighted by Gasteiger charge is 2.03. The van der Waals surface area contributed by atoms with E-state index in [1.807, 2.05) is 30.3 Å². The molecule has 0 atom stereocenters. The summed E-state index contributed by atoms with van der Waals surface area (Å²) in [6.45, 7) is 0.384. The highest BCUT2D eigenvalue weighted by molar-refractivity contribution is 5.94. The smallest absolute Gasteiger partial charge is 0.252 e. The highest BCUT2D eigenvalue weighted by atomic mass is 19.1. The molecule has 25 heavy (non-hydrogen) atoms. The molecule has 0 bridgehead atoms. The van der Waals surface area contributed by atoms with Gasteiger partial charge in [0, 0.05) is 17.1 Å². The normalized spacial score (nSPS) is 9.96. The van der Waals surface area contributed by atoms with Gasteiger partial charge in [-0.1, -0.05) is 30.0 Å². The molecule has 0 aliphatic heterocycles. The Balaban J connectivity index is 1.50. The SMILES string of the molecule is O=C(NCC#CCOc1cccc2cccnc12)c1ccc(F)cc1. The summed E-state index contributed by atoms with van der Waals surface area (Å²) in [6.07, 6.45) is 1.71. The second-order valence-corrected chi connectivity index (χ2v) is 5.16. The van der Waals surface area contributed by atoms with Crippen LogP contribution in [0.1, 0.15) is 10.4 Å². The Labute approximate surface area is 144 Å². The molecular formula is C20H15FN2O2. The first-order valence-corrected chi connectivity index (χ1v) is 7.70. The minimum absolute atomic E-state index is 0.188. The second kappa shape index (κ2) is 7.93. The van der Waals surface area contributed by atoms with Gasteiger partial charge in [0.1, 0.15) is 23.7 Å². The maximum Gasteiger partial charge on any atom is 0.252 e. The van der Waals surface area contributed by atoms with E-state index in [1.54, 1.807) is 6.20 Å². The molecule has 0 fully saturated rings. The van der Waals surface area contributed by atoms with E-state index in [4.69, 9.17) is 4.74 Å². The standard InChI is InChI=1S/C20H15FN2O2/c21-17-10-8-16(9-11-17)20(24)23-12-1-2-14-25-18-7-3-5-15-6-4-13-22-19(15)18/h3-11,13H,12,14H2,(H,23,24). The Morgan fingerprint density at radius 3 is 2.72 bits per heavy atom. The molecule has 3 aromatic rings. The number of nitrogens with zero attached hydrogens (tertiary/aromatic N) is 1. The van der Waals surface area contributed by atoms with Crippen molar-refractivity contribution in [2.45, 2.75) is 0 Å². The number of carbonyl (C=O) groups is 1. The van der Waals surface area contributed by atoms with Gasteiger partial charge in [-0.3, -0.25) is 9.78 Å². The first kappa shape index (κ1) is 16.5. The van der Waals surface area contributed by atoms with Crippen LogP contribution in [0.2, 0.25) is 0 Å². The predicted molar refractivity (Wildman–Crippen MR) is 93.7 cm³/mol. The Morgan fingerprint density at radius 2 is 1.88 bits per heavy atom. The van der Waals surface area contributed by atoms with Crippen LogP contribution in [0.3, 0.4) is 0 Å². The third-order valence-corrected chi connectivity index (χ3v) is 3.46. The van der Waals surface area contributed by atoms with Crippen molar-refractivity contribution in [3.63, 3.8) is 0 Å². The van der Waals surface area contributed by atoms with Crippen LogP contribution in [-0.4, -0.2) is 24.0 Å². The molecule has 0 unspecified atom stereocenters. The van der Waals surface area contributed by atoms with Crippen LogP contribution in [0.5, 0.6) is 5.75 Å². The quantitative estimate of drug-likeness (QED) is 0.746. The van der Waals surface area contributed by atoms with Crippen LogP contribution in [0.15, 0.2) is 60.8 Å². The zero-order valence-electron chi connectivity index (χ0n) is 13.3. The summed E-state index contributed by atoms with van der Waals surface area (Å²) in [6, 6.07) is 14.9. The van der Waals surface area contributed by atoms with Gasteiger partial charge < -0.3 is 10.1 Å². The molecule has 0 saturated heterocycles. The van der Waals surface area contributed by atoms with Gasteiger partial charge in [0.05, 0.1) is 6.54 Å². The van der Waals surface area contributed by atoms with Crippen LogP contribution in [0.25, 0.3) is 10.9 Å². The third-order valence-electron chi connectivity index (χ3n) is 3.46. The number of pyridine rings is 1. The lowest BCUT2D eigenvalue weighted by Crippen LogP contribution is -2.23. The molecule has 1 aromatic heterocycles.